The van der Waals surface area contributed by atoms with Gasteiger partial charge in [-0.05, 0) is 49.7 Å². The Bertz CT molecular complexity index is 1610. The fraction of sp³-hybridized carbons (Fsp3) is 0.464. The van der Waals surface area contributed by atoms with Crippen LogP contribution < -0.4 is 15.8 Å². The summed E-state index contributed by atoms with van der Waals surface area (Å²) in [7, 11) is 0. The van der Waals surface area contributed by atoms with Gasteiger partial charge in [-0.1, -0.05) is 29.1 Å². The molecule has 1 unspecified atom stereocenters. The molecule has 3 fully saturated rings. The van der Waals surface area contributed by atoms with Gasteiger partial charge in [0, 0.05) is 31.6 Å². The highest BCUT2D eigenvalue weighted by atomic mass is 35.5. The maximum Gasteiger partial charge on any atom is 0.415 e. The number of nitrogens with zero attached hydrogens (tertiary/aromatic N) is 5. The number of carbonyl (C=O) groups is 2. The molecule has 2 aromatic heterocycles. The highest BCUT2D eigenvalue weighted by Gasteiger charge is 2.48. The first-order valence-corrected chi connectivity index (χ1v) is 14.7. The molecule has 2 aliphatic heterocycles. The molecule has 6 rings (SSSR count). The number of aliphatic hydroxyl groups excluding tert-OH is 2. The number of carbonyl (C=O) groups excluding carboxylic acids is 2. The summed E-state index contributed by atoms with van der Waals surface area (Å²) in [6.45, 7) is 1.05. The van der Waals surface area contributed by atoms with Crippen molar-refractivity contribution in [3.63, 3.8) is 0 Å². The van der Waals surface area contributed by atoms with Gasteiger partial charge in [0.2, 0.25) is 5.82 Å². The van der Waals surface area contributed by atoms with Crippen LogP contribution in [0.25, 0.3) is 11.2 Å². The number of nitrogen functional groups attached to an aromatic ring is 1. The Morgan fingerprint density at radius 1 is 1.12 bits per heavy atom. The number of ether oxygens (including phenoxy) is 2. The molecule has 4 heterocycles. The van der Waals surface area contributed by atoms with Gasteiger partial charge in [0.1, 0.15) is 23.5 Å². The van der Waals surface area contributed by atoms with E-state index < -0.39 is 36.5 Å². The van der Waals surface area contributed by atoms with Crippen molar-refractivity contribution in [2.24, 2.45) is 5.92 Å². The summed E-state index contributed by atoms with van der Waals surface area (Å²) < 4.78 is 12.6. The number of imidazole rings is 1. The van der Waals surface area contributed by atoms with Gasteiger partial charge in [0.05, 0.1) is 16.4 Å². The van der Waals surface area contributed by atoms with Gasteiger partial charge in [-0.25, -0.2) is 19.7 Å². The van der Waals surface area contributed by atoms with Crippen LogP contribution in [0.5, 0.6) is 5.75 Å². The Kier molecular flexibility index (Phi) is 8.30. The number of piperidine rings is 1. The number of nitrogens with two attached hydrogens (primary N) is 1. The molecule has 0 bridgehead atoms. The standard InChI is InChI=1S/C28H29Cl2N7O6/c29-17-7-6-16(12-18(17)30)42-28(41)36-10-8-14(9-11-36)2-1-3-19-34-24(31)20-25(35-19)37(13-32-20)27-22(39)21(38)23(43-27)26(40)33-15-4-5-15/h6-7,12-15,21-23,27,38-39H,2,4-5,8-11H2,(H,33,40)(H2,31,34,35)/t21?,22-,23-,27+/m0/s1. The minimum Gasteiger partial charge on any atom is -0.410 e. The highest BCUT2D eigenvalue weighted by Crippen LogP contribution is 2.33. The van der Waals surface area contributed by atoms with E-state index in [0.717, 1.165) is 25.7 Å². The Morgan fingerprint density at radius 3 is 2.60 bits per heavy atom. The Balaban J connectivity index is 1.07. The van der Waals surface area contributed by atoms with E-state index in [1.807, 2.05) is 0 Å². The van der Waals surface area contributed by atoms with Gasteiger partial charge in [0.15, 0.2) is 23.8 Å². The van der Waals surface area contributed by atoms with E-state index in [2.05, 4.69) is 32.1 Å². The van der Waals surface area contributed by atoms with E-state index in [0.29, 0.717) is 35.3 Å². The molecule has 226 valence electrons. The molecular formula is C28H29Cl2N7O6. The number of aliphatic hydroxyl groups is 2. The third-order valence-corrected chi connectivity index (χ3v) is 8.44. The Hall–Kier alpha value is -3.67. The van der Waals surface area contributed by atoms with Crippen LogP contribution in [0.15, 0.2) is 24.5 Å². The lowest BCUT2D eigenvalue weighted by atomic mass is 9.94. The van der Waals surface area contributed by atoms with E-state index >= 15 is 0 Å². The summed E-state index contributed by atoms with van der Waals surface area (Å²) >= 11 is 11.9. The first-order chi connectivity index (χ1) is 20.7. The lowest BCUT2D eigenvalue weighted by Crippen LogP contribution is -2.43. The van der Waals surface area contributed by atoms with Gasteiger partial charge in [0.25, 0.3) is 5.91 Å². The van der Waals surface area contributed by atoms with Crippen molar-refractivity contribution in [3.05, 3.63) is 40.4 Å². The third-order valence-electron chi connectivity index (χ3n) is 7.70. The summed E-state index contributed by atoms with van der Waals surface area (Å²) in [4.78, 5) is 39.6. The van der Waals surface area contributed by atoms with Crippen LogP contribution in [0.2, 0.25) is 10.0 Å². The molecule has 1 aromatic carbocycles. The smallest absolute Gasteiger partial charge is 0.410 e. The topological polar surface area (TPSA) is 178 Å². The average molecular weight is 630 g/mol. The van der Waals surface area contributed by atoms with Gasteiger partial charge in [-0.2, -0.15) is 0 Å². The number of rotatable bonds is 5. The van der Waals surface area contributed by atoms with Crippen molar-refractivity contribution in [2.75, 3.05) is 18.8 Å². The van der Waals surface area contributed by atoms with Gasteiger partial charge in [-0.3, -0.25) is 9.36 Å². The van der Waals surface area contributed by atoms with Crippen LogP contribution in [0.3, 0.4) is 0 Å². The molecule has 3 aliphatic rings. The molecule has 0 spiro atoms. The van der Waals surface area contributed by atoms with Crippen LogP contribution >= 0.6 is 23.2 Å². The lowest BCUT2D eigenvalue weighted by Gasteiger charge is -2.30. The van der Waals surface area contributed by atoms with E-state index in [9.17, 15) is 19.8 Å². The van der Waals surface area contributed by atoms with Crippen LogP contribution in [-0.2, 0) is 9.53 Å². The fourth-order valence-electron chi connectivity index (χ4n) is 5.10. The monoisotopic (exact) mass is 629 g/mol. The fourth-order valence-corrected chi connectivity index (χ4v) is 5.39. The summed E-state index contributed by atoms with van der Waals surface area (Å²) in [6.07, 6.45) is -0.448. The second kappa shape index (κ2) is 12.1. The highest BCUT2D eigenvalue weighted by molar-refractivity contribution is 6.42. The van der Waals surface area contributed by atoms with Crippen molar-refractivity contribution in [3.8, 4) is 17.6 Å². The Morgan fingerprint density at radius 2 is 1.88 bits per heavy atom. The van der Waals surface area contributed by atoms with Crippen LogP contribution in [-0.4, -0.2) is 84.1 Å². The summed E-state index contributed by atoms with van der Waals surface area (Å²) in [5.74, 6) is 6.42. The van der Waals surface area contributed by atoms with E-state index in [1.54, 1.807) is 17.0 Å². The minimum absolute atomic E-state index is 0.0754. The zero-order chi connectivity index (χ0) is 30.2. The normalized spacial score (nSPS) is 24.0. The molecule has 15 heteroatoms. The Labute approximate surface area is 256 Å². The van der Waals surface area contributed by atoms with E-state index in [4.69, 9.17) is 38.4 Å². The molecular weight excluding hydrogens is 601 g/mol. The first-order valence-electron chi connectivity index (χ1n) is 13.9. The summed E-state index contributed by atoms with van der Waals surface area (Å²) in [5, 5.41) is 24.6. The zero-order valence-corrected chi connectivity index (χ0v) is 24.3. The van der Waals surface area contributed by atoms with Crippen molar-refractivity contribution >= 4 is 52.2 Å². The van der Waals surface area contributed by atoms with Crippen molar-refractivity contribution in [2.45, 2.75) is 62.7 Å². The van der Waals surface area contributed by atoms with E-state index in [1.165, 1.54) is 17.0 Å². The summed E-state index contributed by atoms with van der Waals surface area (Å²) in [6, 6.07) is 4.74. The molecule has 4 atom stereocenters. The van der Waals surface area contributed by atoms with Crippen molar-refractivity contribution < 1.29 is 29.3 Å². The number of nitrogens with one attached hydrogen (secondary N) is 1. The number of benzene rings is 1. The number of hydrogen-bond acceptors (Lipinski definition) is 10. The number of fused-ring (bicyclic) bond motifs is 1. The SMILES string of the molecule is Nc1nc(C#CCC2CCN(C(=O)Oc3ccc(Cl)c(Cl)c3)CC2)nc2c1ncn2[C@@H]1O[C@H](C(=O)NC2CC2)C(O)[C@@H]1O. The summed E-state index contributed by atoms with van der Waals surface area (Å²) in [5.41, 5.74) is 6.66. The molecule has 2 amide bonds. The maximum atomic E-state index is 12.5. The molecule has 43 heavy (non-hydrogen) atoms. The van der Waals surface area contributed by atoms with E-state index in [-0.39, 0.29) is 34.8 Å². The largest absolute Gasteiger partial charge is 0.415 e. The number of likely N-dealkylation sites (tertiary alicyclic amines) is 1. The van der Waals surface area contributed by atoms with Gasteiger partial charge in [-0.15, -0.1) is 0 Å². The predicted molar refractivity (Wildman–Crippen MR) is 155 cm³/mol. The van der Waals surface area contributed by atoms with Crippen molar-refractivity contribution in [1.29, 1.82) is 0 Å². The molecule has 5 N–H and O–H groups in total. The number of aromatic nitrogens is 4. The maximum absolute atomic E-state index is 12.5. The van der Waals surface area contributed by atoms with Gasteiger partial charge >= 0.3 is 6.09 Å². The third kappa shape index (κ3) is 6.34. The minimum atomic E-state index is -1.43. The zero-order valence-electron chi connectivity index (χ0n) is 22.8. The van der Waals surface area contributed by atoms with Crippen molar-refractivity contribution in [1.82, 2.24) is 29.7 Å². The molecule has 1 aliphatic carbocycles. The second-order valence-corrected chi connectivity index (χ2v) is 11.7. The number of anilines is 1. The first kappa shape index (κ1) is 29.4. The van der Waals surface area contributed by atoms with Crippen LogP contribution in [0.4, 0.5) is 10.6 Å². The van der Waals surface area contributed by atoms with Crippen LogP contribution in [0.1, 0.15) is 44.2 Å². The number of halogens is 2. The number of hydrogen-bond donors (Lipinski definition) is 4. The van der Waals surface area contributed by atoms with Crippen LogP contribution in [0, 0.1) is 17.8 Å². The lowest BCUT2D eigenvalue weighted by molar-refractivity contribution is -0.137. The van der Waals surface area contributed by atoms with Gasteiger partial charge < -0.3 is 35.6 Å². The molecule has 3 aromatic rings. The predicted octanol–water partition coefficient (Wildman–Crippen LogP) is 2.27. The molecule has 1 saturated carbocycles. The number of amides is 2. The average Bonchev–Trinajstić information content (AvgIpc) is 3.62. The molecule has 2 saturated heterocycles. The second-order valence-electron chi connectivity index (χ2n) is 10.8. The molecule has 0 radical (unpaired) electrons. The quantitative estimate of drug-likeness (QED) is 0.306. The molecule has 13 nitrogen and oxygen atoms in total.